The molecule has 192 valence electrons. The van der Waals surface area contributed by atoms with E-state index in [2.05, 4.69) is 43.3 Å². The van der Waals surface area contributed by atoms with E-state index in [9.17, 15) is 14.7 Å². The van der Waals surface area contributed by atoms with E-state index in [0.29, 0.717) is 5.75 Å². The minimum absolute atomic E-state index is 0.113. The summed E-state index contributed by atoms with van der Waals surface area (Å²) in [6, 6.07) is 28.7. The molecule has 0 heterocycles. The van der Waals surface area contributed by atoms with Crippen molar-refractivity contribution in [3.8, 4) is 5.75 Å². The van der Waals surface area contributed by atoms with Crippen molar-refractivity contribution < 1.29 is 19.4 Å². The van der Waals surface area contributed by atoms with Gasteiger partial charge in [-0.05, 0) is 46.4 Å². The number of hydrogen-bond acceptors (Lipinski definition) is 3. The number of benzene rings is 3. The van der Waals surface area contributed by atoms with Crippen molar-refractivity contribution in [2.45, 2.75) is 13.3 Å². The van der Waals surface area contributed by atoms with Gasteiger partial charge in [0, 0.05) is 26.7 Å². The Balaban J connectivity index is 1.74. The van der Waals surface area contributed by atoms with Crippen molar-refractivity contribution in [2.75, 3.05) is 33.8 Å². The predicted octanol–water partition coefficient (Wildman–Crippen LogP) is 6.06. The van der Waals surface area contributed by atoms with Gasteiger partial charge in [0.05, 0.1) is 6.54 Å². The molecule has 0 saturated heterocycles. The first-order chi connectivity index (χ1) is 17.9. The second kappa shape index (κ2) is 13.7. The van der Waals surface area contributed by atoms with Crippen LogP contribution in [0.3, 0.4) is 0 Å². The SMILES string of the molecule is CCC(=C(c1ccccc1)c1ccc(OCCN(CC=CC(=O)N(C)C)C(=O)O)cc1)c1ccccc1. The third-order valence-electron chi connectivity index (χ3n) is 5.91. The molecule has 0 spiro atoms. The van der Waals surface area contributed by atoms with Gasteiger partial charge in [-0.15, -0.1) is 0 Å². The van der Waals surface area contributed by atoms with Gasteiger partial charge in [-0.1, -0.05) is 85.8 Å². The van der Waals surface area contributed by atoms with Gasteiger partial charge in [0.1, 0.15) is 12.4 Å². The van der Waals surface area contributed by atoms with Crippen LogP contribution in [0.5, 0.6) is 5.75 Å². The highest BCUT2D eigenvalue weighted by atomic mass is 16.5. The summed E-state index contributed by atoms with van der Waals surface area (Å²) in [7, 11) is 3.29. The Morgan fingerprint density at radius 1 is 0.838 bits per heavy atom. The number of hydrogen-bond donors (Lipinski definition) is 1. The van der Waals surface area contributed by atoms with Gasteiger partial charge in [0.2, 0.25) is 5.91 Å². The number of amides is 2. The Morgan fingerprint density at radius 2 is 1.41 bits per heavy atom. The maximum absolute atomic E-state index is 11.6. The van der Waals surface area contributed by atoms with Gasteiger partial charge >= 0.3 is 6.09 Å². The molecule has 0 aliphatic rings. The van der Waals surface area contributed by atoms with E-state index >= 15 is 0 Å². The van der Waals surface area contributed by atoms with Crippen molar-refractivity contribution in [3.05, 3.63) is 114 Å². The molecule has 0 aromatic heterocycles. The third-order valence-corrected chi connectivity index (χ3v) is 5.91. The highest BCUT2D eigenvalue weighted by molar-refractivity contribution is 5.98. The lowest BCUT2D eigenvalue weighted by Crippen LogP contribution is -2.33. The van der Waals surface area contributed by atoms with E-state index in [-0.39, 0.29) is 25.6 Å². The zero-order valence-electron chi connectivity index (χ0n) is 21.6. The van der Waals surface area contributed by atoms with Crippen molar-refractivity contribution in [1.29, 1.82) is 0 Å². The molecule has 0 aliphatic carbocycles. The Hall–Kier alpha value is -4.32. The van der Waals surface area contributed by atoms with Crippen LogP contribution >= 0.6 is 0 Å². The molecular formula is C31H34N2O4. The van der Waals surface area contributed by atoms with Crippen LogP contribution in [0, 0.1) is 0 Å². The molecule has 3 aromatic carbocycles. The molecule has 0 bridgehead atoms. The topological polar surface area (TPSA) is 70.1 Å². The zero-order valence-corrected chi connectivity index (χ0v) is 21.6. The van der Waals surface area contributed by atoms with E-state index in [1.54, 1.807) is 20.2 Å². The summed E-state index contributed by atoms with van der Waals surface area (Å²) >= 11 is 0. The number of carboxylic acid groups (broad SMARTS) is 1. The molecule has 6 heteroatoms. The number of carbonyl (C=O) groups excluding carboxylic acids is 1. The van der Waals surface area contributed by atoms with Crippen LogP contribution in [0.25, 0.3) is 11.1 Å². The number of nitrogens with zero attached hydrogens (tertiary/aromatic N) is 2. The molecule has 3 rings (SSSR count). The standard InChI is InChI=1S/C31H34N2O4/c1-4-28(24-12-7-5-8-13-24)30(25-14-9-6-10-15-25)26-17-19-27(20-18-26)37-23-22-33(31(35)36)21-11-16-29(34)32(2)3/h5-20H,4,21-23H2,1-3H3,(H,35,36). The third kappa shape index (κ3) is 7.84. The van der Waals surface area contributed by atoms with Gasteiger partial charge in [0.15, 0.2) is 0 Å². The predicted molar refractivity (Wildman–Crippen MR) is 148 cm³/mol. The van der Waals surface area contributed by atoms with E-state index in [0.717, 1.165) is 17.5 Å². The second-order valence-electron chi connectivity index (χ2n) is 8.68. The minimum atomic E-state index is -1.06. The first-order valence-electron chi connectivity index (χ1n) is 12.3. The number of ether oxygens (including phenoxy) is 1. The van der Waals surface area contributed by atoms with Crippen LogP contribution in [0.4, 0.5) is 4.79 Å². The molecule has 6 nitrogen and oxygen atoms in total. The normalized spacial score (nSPS) is 11.6. The Morgan fingerprint density at radius 3 is 1.95 bits per heavy atom. The molecule has 37 heavy (non-hydrogen) atoms. The highest BCUT2D eigenvalue weighted by Crippen LogP contribution is 2.34. The summed E-state index contributed by atoms with van der Waals surface area (Å²) in [6.45, 7) is 2.66. The van der Waals surface area contributed by atoms with Gasteiger partial charge in [-0.3, -0.25) is 4.79 Å². The van der Waals surface area contributed by atoms with Crippen molar-refractivity contribution in [1.82, 2.24) is 9.80 Å². The fraction of sp³-hybridized carbons (Fsp3) is 0.226. The average Bonchev–Trinajstić information content (AvgIpc) is 2.92. The summed E-state index contributed by atoms with van der Waals surface area (Å²) in [5, 5.41) is 9.46. The summed E-state index contributed by atoms with van der Waals surface area (Å²) in [4.78, 5) is 25.8. The van der Waals surface area contributed by atoms with E-state index in [4.69, 9.17) is 4.74 Å². The van der Waals surface area contributed by atoms with Gasteiger partial charge in [-0.25, -0.2) is 4.79 Å². The molecule has 2 amide bonds. The lowest BCUT2D eigenvalue weighted by Gasteiger charge is -2.18. The van der Waals surface area contributed by atoms with Crippen LogP contribution in [0.2, 0.25) is 0 Å². The number of likely N-dealkylation sites (N-methyl/N-ethyl adjacent to an activating group) is 1. The first kappa shape index (κ1) is 27.3. The first-order valence-corrected chi connectivity index (χ1v) is 12.3. The van der Waals surface area contributed by atoms with Crippen LogP contribution in [0.15, 0.2) is 97.1 Å². The van der Waals surface area contributed by atoms with Crippen molar-refractivity contribution in [3.63, 3.8) is 0 Å². The number of rotatable bonds is 11. The molecule has 0 radical (unpaired) electrons. The fourth-order valence-corrected chi connectivity index (χ4v) is 3.97. The molecule has 0 saturated carbocycles. The molecule has 0 aliphatic heterocycles. The summed E-state index contributed by atoms with van der Waals surface area (Å²) in [5.74, 6) is 0.474. The van der Waals surface area contributed by atoms with Gasteiger partial charge in [0.25, 0.3) is 0 Å². The summed E-state index contributed by atoms with van der Waals surface area (Å²) < 4.78 is 5.84. The van der Waals surface area contributed by atoms with E-state index < -0.39 is 6.09 Å². The lowest BCUT2D eigenvalue weighted by molar-refractivity contribution is -0.123. The average molecular weight is 499 g/mol. The number of allylic oxidation sites excluding steroid dienone is 1. The van der Waals surface area contributed by atoms with Crippen LogP contribution in [-0.4, -0.2) is 60.7 Å². The Kier molecular flexibility index (Phi) is 10.1. The quantitative estimate of drug-likeness (QED) is 0.258. The fourth-order valence-electron chi connectivity index (χ4n) is 3.97. The molecule has 0 unspecified atom stereocenters. The smallest absolute Gasteiger partial charge is 0.407 e. The van der Waals surface area contributed by atoms with Crippen LogP contribution in [0.1, 0.15) is 30.0 Å². The minimum Gasteiger partial charge on any atom is -0.492 e. The largest absolute Gasteiger partial charge is 0.492 e. The van der Waals surface area contributed by atoms with E-state index in [1.165, 1.54) is 32.6 Å². The molecule has 3 aromatic rings. The monoisotopic (exact) mass is 498 g/mol. The Labute approximate surface area is 219 Å². The highest BCUT2D eigenvalue weighted by Gasteiger charge is 2.14. The molecule has 1 N–H and O–H groups in total. The maximum atomic E-state index is 11.6. The van der Waals surface area contributed by atoms with Crippen molar-refractivity contribution >= 4 is 23.1 Å². The maximum Gasteiger partial charge on any atom is 0.407 e. The summed E-state index contributed by atoms with van der Waals surface area (Å²) in [6.07, 6.45) is 2.73. The van der Waals surface area contributed by atoms with Crippen molar-refractivity contribution in [2.24, 2.45) is 0 Å². The molecule has 0 fully saturated rings. The number of carbonyl (C=O) groups is 2. The van der Waals surface area contributed by atoms with E-state index in [1.807, 2.05) is 48.5 Å². The van der Waals surface area contributed by atoms with Crippen LogP contribution < -0.4 is 4.74 Å². The Bertz CT molecular complexity index is 1220. The zero-order chi connectivity index (χ0) is 26.6. The van der Waals surface area contributed by atoms with Gasteiger partial charge < -0.3 is 19.6 Å². The molecular weight excluding hydrogens is 464 g/mol. The van der Waals surface area contributed by atoms with Gasteiger partial charge in [-0.2, -0.15) is 0 Å². The summed E-state index contributed by atoms with van der Waals surface area (Å²) in [5.41, 5.74) is 5.87. The second-order valence-corrected chi connectivity index (χ2v) is 8.68. The molecule has 0 atom stereocenters. The van der Waals surface area contributed by atoms with Crippen LogP contribution in [-0.2, 0) is 4.79 Å². The lowest BCUT2D eigenvalue weighted by atomic mass is 9.88.